The molecule has 2 amide bonds. The Bertz CT molecular complexity index is 1360. The lowest BCUT2D eigenvalue weighted by atomic mass is 9.54. The topological polar surface area (TPSA) is 211 Å². The summed E-state index contributed by atoms with van der Waals surface area (Å²) in [6, 6.07) is 1.22. The van der Waals surface area contributed by atoms with Gasteiger partial charge in [0.25, 0.3) is 5.91 Å². The Balaban J connectivity index is 1.99. The second kappa shape index (κ2) is 9.47. The molecule has 0 radical (unpaired) electrons. The number of nitrogens with zero attached hydrogens (tertiary/aromatic N) is 1. The molecule has 1 aromatic carbocycles. The van der Waals surface area contributed by atoms with Crippen LogP contribution >= 0.6 is 0 Å². The van der Waals surface area contributed by atoms with E-state index in [9.17, 15) is 44.7 Å². The largest absolute Gasteiger partial charge is 0.508 e. The van der Waals surface area contributed by atoms with Gasteiger partial charge in [0, 0.05) is 23.6 Å². The smallest absolute Gasteiger partial charge is 0.255 e. The number of fused-ring (bicyclic) bond motifs is 3. The lowest BCUT2D eigenvalue weighted by Crippen LogP contribution is -2.70. The zero-order valence-electron chi connectivity index (χ0n) is 22.2. The first kappa shape index (κ1) is 28.3. The lowest BCUT2D eigenvalue weighted by molar-refractivity contribution is -0.169. The van der Waals surface area contributed by atoms with E-state index in [0.717, 1.165) is 0 Å². The van der Waals surface area contributed by atoms with Crippen molar-refractivity contribution in [1.29, 1.82) is 0 Å². The van der Waals surface area contributed by atoms with Crippen molar-refractivity contribution in [2.75, 3.05) is 19.4 Å². The van der Waals surface area contributed by atoms with Gasteiger partial charge in [-0.05, 0) is 43.6 Å². The van der Waals surface area contributed by atoms with E-state index in [1.165, 1.54) is 31.1 Å². The van der Waals surface area contributed by atoms with E-state index in [2.05, 4.69) is 5.32 Å². The Morgan fingerprint density at radius 2 is 1.77 bits per heavy atom. The van der Waals surface area contributed by atoms with Gasteiger partial charge >= 0.3 is 0 Å². The number of benzene rings is 1. The van der Waals surface area contributed by atoms with Crippen LogP contribution in [0.5, 0.6) is 5.75 Å². The van der Waals surface area contributed by atoms with Crippen LogP contribution in [0.3, 0.4) is 0 Å². The van der Waals surface area contributed by atoms with E-state index < -0.39 is 81.4 Å². The van der Waals surface area contributed by atoms with Gasteiger partial charge in [0.05, 0.1) is 23.6 Å². The highest BCUT2D eigenvalue weighted by Gasteiger charge is 2.68. The molecule has 3 aliphatic rings. The summed E-state index contributed by atoms with van der Waals surface area (Å²) in [4.78, 5) is 53.2. The van der Waals surface area contributed by atoms with Gasteiger partial charge in [0.1, 0.15) is 22.8 Å². The summed E-state index contributed by atoms with van der Waals surface area (Å²) < 4.78 is 0. The van der Waals surface area contributed by atoms with E-state index in [1.807, 2.05) is 13.8 Å². The van der Waals surface area contributed by atoms with Crippen LogP contribution in [-0.4, -0.2) is 85.7 Å². The number of phenols is 1. The number of aliphatic hydroxyl groups is 4. The van der Waals surface area contributed by atoms with Crippen molar-refractivity contribution in [3.05, 3.63) is 40.2 Å². The maximum atomic E-state index is 14.0. The van der Waals surface area contributed by atoms with Crippen molar-refractivity contribution in [1.82, 2.24) is 4.90 Å². The predicted molar refractivity (Wildman–Crippen MR) is 138 cm³/mol. The summed E-state index contributed by atoms with van der Waals surface area (Å²) in [7, 11) is 2.87. The number of likely N-dealkylation sites (N-methyl/N-ethyl adjacent to an activating group) is 1. The maximum absolute atomic E-state index is 14.0. The molecule has 3 aliphatic carbocycles. The molecule has 1 fully saturated rings. The standard InChI is InChI=1S/C27H33N3O9/c1-9(2)8-13(32)29-11-6-7-12(31)16-14(11)10(3)15-17(21(16)33)24(36)27(39)19(22(15)34)20(30(4)5)23(35)18(25(27)37)26(28)38/h6-7,9-10,15,19-20,22,31,33-34,37,39H,8H2,1-5H3,(H2,28,38)(H,29,32)/t10-,15+,19+,20?,22-,27-/m0/s1. The molecule has 1 saturated carbocycles. The molecular formula is C27H33N3O9. The summed E-state index contributed by atoms with van der Waals surface area (Å²) in [6.07, 6.45) is -1.53. The molecule has 210 valence electrons. The van der Waals surface area contributed by atoms with E-state index in [-0.39, 0.29) is 35.1 Å². The van der Waals surface area contributed by atoms with Crippen molar-refractivity contribution < 1.29 is 44.7 Å². The number of anilines is 1. The SMILES string of the molecule is CC(C)CC(=O)Nc1ccc(O)c2c1[C@H](C)[C@@H]1C(=C2O)C(=O)[C@]2(O)C(O)=C(C(N)=O)C(=O)C(N(C)C)[C@@H]2[C@H]1O. The van der Waals surface area contributed by atoms with Crippen LogP contribution < -0.4 is 11.1 Å². The number of aliphatic hydroxyl groups excluding tert-OH is 3. The summed E-state index contributed by atoms with van der Waals surface area (Å²) in [5.74, 6) is -10.1. The number of Topliss-reactive ketones (excluding diaryl/α,β-unsaturated/α-hetero) is 2. The number of nitrogens with one attached hydrogen (secondary N) is 1. The van der Waals surface area contributed by atoms with Crippen LogP contribution in [0.25, 0.3) is 5.76 Å². The Morgan fingerprint density at radius 3 is 2.31 bits per heavy atom. The van der Waals surface area contributed by atoms with Crippen LogP contribution in [0, 0.1) is 17.8 Å². The van der Waals surface area contributed by atoms with Crippen LogP contribution in [0.1, 0.15) is 44.2 Å². The number of rotatable bonds is 5. The minimum Gasteiger partial charge on any atom is -0.508 e. The predicted octanol–water partition coefficient (Wildman–Crippen LogP) is 0.480. The van der Waals surface area contributed by atoms with Crippen molar-refractivity contribution in [3.8, 4) is 5.75 Å². The van der Waals surface area contributed by atoms with E-state index in [1.54, 1.807) is 6.92 Å². The normalized spacial score (nSPS) is 30.3. The molecule has 0 spiro atoms. The fraction of sp³-hybridized carbons (Fsp3) is 0.481. The molecule has 6 atom stereocenters. The third-order valence-corrected chi connectivity index (χ3v) is 7.98. The van der Waals surface area contributed by atoms with Gasteiger partial charge in [-0.3, -0.25) is 24.1 Å². The Hall–Kier alpha value is -3.74. The second-order valence-electron chi connectivity index (χ2n) is 11.1. The molecule has 1 unspecified atom stereocenters. The first-order chi connectivity index (χ1) is 18.1. The number of aromatic hydroxyl groups is 1. The third kappa shape index (κ3) is 3.93. The monoisotopic (exact) mass is 543 g/mol. The van der Waals surface area contributed by atoms with Crippen molar-refractivity contribution in [3.63, 3.8) is 0 Å². The van der Waals surface area contributed by atoms with E-state index >= 15 is 0 Å². The van der Waals surface area contributed by atoms with E-state index in [0.29, 0.717) is 0 Å². The zero-order chi connectivity index (χ0) is 29.3. The molecule has 0 heterocycles. The summed E-state index contributed by atoms with van der Waals surface area (Å²) in [5, 5.41) is 59.1. The van der Waals surface area contributed by atoms with Gasteiger partial charge in [-0.2, -0.15) is 0 Å². The Kier molecular flexibility index (Phi) is 6.87. The average molecular weight is 544 g/mol. The second-order valence-corrected chi connectivity index (χ2v) is 11.1. The Morgan fingerprint density at radius 1 is 1.15 bits per heavy atom. The van der Waals surface area contributed by atoms with Crippen molar-refractivity contribution in [2.24, 2.45) is 23.5 Å². The number of hydrogen-bond acceptors (Lipinski definition) is 10. The van der Waals surface area contributed by atoms with Crippen LogP contribution in [0.15, 0.2) is 29.0 Å². The van der Waals surface area contributed by atoms with Gasteiger partial charge in [-0.15, -0.1) is 0 Å². The van der Waals surface area contributed by atoms with Gasteiger partial charge in [-0.1, -0.05) is 20.8 Å². The van der Waals surface area contributed by atoms with Crippen molar-refractivity contribution in [2.45, 2.75) is 50.9 Å². The molecule has 0 bridgehead atoms. The summed E-state index contributed by atoms with van der Waals surface area (Å²) >= 11 is 0. The van der Waals surface area contributed by atoms with Crippen LogP contribution in [-0.2, 0) is 19.2 Å². The summed E-state index contributed by atoms with van der Waals surface area (Å²) in [6.45, 7) is 5.33. The molecule has 8 N–H and O–H groups in total. The lowest BCUT2D eigenvalue weighted by Gasteiger charge is -2.53. The van der Waals surface area contributed by atoms with Crippen LogP contribution in [0.4, 0.5) is 5.69 Å². The van der Waals surface area contributed by atoms with Gasteiger partial charge in [-0.25, -0.2) is 0 Å². The molecule has 0 aromatic heterocycles. The third-order valence-electron chi connectivity index (χ3n) is 7.98. The first-order valence-electron chi connectivity index (χ1n) is 12.6. The number of carbonyl (C=O) groups is 4. The minimum absolute atomic E-state index is 0.0450. The number of primary amides is 1. The maximum Gasteiger partial charge on any atom is 0.255 e. The van der Waals surface area contributed by atoms with Gasteiger partial charge < -0.3 is 36.6 Å². The number of nitrogens with two attached hydrogens (primary N) is 1. The molecule has 12 heteroatoms. The average Bonchev–Trinajstić information content (AvgIpc) is 2.81. The van der Waals surface area contributed by atoms with Gasteiger partial charge in [0.2, 0.25) is 11.7 Å². The first-order valence-corrected chi connectivity index (χ1v) is 12.6. The fourth-order valence-electron chi connectivity index (χ4n) is 6.38. The zero-order valence-corrected chi connectivity index (χ0v) is 22.2. The molecule has 39 heavy (non-hydrogen) atoms. The minimum atomic E-state index is -2.98. The van der Waals surface area contributed by atoms with Crippen molar-refractivity contribution >= 4 is 34.8 Å². The number of ketones is 2. The molecule has 4 rings (SSSR count). The van der Waals surface area contributed by atoms with Gasteiger partial charge in [0.15, 0.2) is 11.4 Å². The molecule has 0 saturated heterocycles. The fourth-order valence-corrected chi connectivity index (χ4v) is 6.38. The summed E-state index contributed by atoms with van der Waals surface area (Å²) in [5.41, 5.74) is 1.16. The molecular weight excluding hydrogens is 510 g/mol. The number of hydrogen-bond donors (Lipinski definition) is 7. The number of amides is 2. The number of phenolic OH excluding ortho intramolecular Hbond substituents is 1. The van der Waals surface area contributed by atoms with E-state index in [4.69, 9.17) is 5.73 Å². The molecule has 0 aliphatic heterocycles. The quantitative estimate of drug-likeness (QED) is 0.202. The molecule has 1 aromatic rings. The highest BCUT2D eigenvalue weighted by atomic mass is 16.4. The Labute approximate surface area is 224 Å². The number of carbonyl (C=O) groups excluding carboxylic acids is 4. The highest BCUT2D eigenvalue weighted by molar-refractivity contribution is 6.24. The highest BCUT2D eigenvalue weighted by Crippen LogP contribution is 2.57. The molecule has 12 nitrogen and oxygen atoms in total. The van der Waals surface area contributed by atoms with Crippen LogP contribution in [0.2, 0.25) is 0 Å².